The van der Waals surface area contributed by atoms with Crippen LogP contribution in [-0.4, -0.2) is 15.6 Å². The van der Waals surface area contributed by atoms with Crippen molar-refractivity contribution in [3.63, 3.8) is 0 Å². The Balaban J connectivity index is 2.13. The van der Waals surface area contributed by atoms with Gasteiger partial charge in [0.25, 0.3) is 0 Å². The number of benzene rings is 2. The van der Waals surface area contributed by atoms with E-state index in [4.69, 9.17) is 5.11 Å². The van der Waals surface area contributed by atoms with Gasteiger partial charge in [-0.2, -0.15) is 0 Å². The number of aliphatic carboxylic acids is 1. The summed E-state index contributed by atoms with van der Waals surface area (Å²) in [6.45, 7) is 4.19. The van der Waals surface area contributed by atoms with Crippen LogP contribution in [0, 0.1) is 13.8 Å². The maximum absolute atomic E-state index is 11.0. The summed E-state index contributed by atoms with van der Waals surface area (Å²) >= 11 is 0. The average molecular weight is 319 g/mol. The van der Waals surface area contributed by atoms with Gasteiger partial charge in [-0.3, -0.25) is 4.79 Å². The Morgan fingerprint density at radius 3 is 2.38 bits per heavy atom. The van der Waals surface area contributed by atoms with Crippen LogP contribution in [0.1, 0.15) is 23.2 Å². The minimum atomic E-state index is -0.774. The molecule has 122 valence electrons. The molecule has 0 bridgehead atoms. The number of carboxylic acid groups (broad SMARTS) is 1. The Bertz CT molecular complexity index is 863. The Kier molecular flexibility index (Phi) is 4.52. The number of hydrogen-bond donors (Lipinski definition) is 1. The molecule has 1 aromatic heterocycles. The van der Waals surface area contributed by atoms with E-state index in [0.29, 0.717) is 6.42 Å². The van der Waals surface area contributed by atoms with Crippen molar-refractivity contribution < 1.29 is 9.90 Å². The highest BCUT2D eigenvalue weighted by Crippen LogP contribution is 2.28. The van der Waals surface area contributed by atoms with Crippen LogP contribution in [0.15, 0.2) is 60.7 Å². The Hall–Kier alpha value is -2.81. The molecular weight excluding hydrogens is 298 g/mol. The molecule has 3 heteroatoms. The Labute approximate surface area is 142 Å². The summed E-state index contributed by atoms with van der Waals surface area (Å²) in [5.74, 6) is -0.774. The van der Waals surface area contributed by atoms with Crippen molar-refractivity contribution in [2.45, 2.75) is 26.7 Å². The fourth-order valence-corrected chi connectivity index (χ4v) is 2.91. The Morgan fingerprint density at radius 1 is 0.958 bits per heavy atom. The van der Waals surface area contributed by atoms with Gasteiger partial charge in [-0.25, -0.2) is 0 Å². The number of aromatic nitrogens is 1. The van der Waals surface area contributed by atoms with E-state index in [-0.39, 0.29) is 6.42 Å². The molecule has 0 aliphatic carbocycles. The third-order valence-electron chi connectivity index (χ3n) is 4.37. The van der Waals surface area contributed by atoms with E-state index in [2.05, 4.69) is 54.8 Å². The number of hydrogen-bond acceptors (Lipinski definition) is 1. The maximum atomic E-state index is 11.0. The zero-order valence-corrected chi connectivity index (χ0v) is 14.0. The van der Waals surface area contributed by atoms with Crippen molar-refractivity contribution in [3.05, 3.63) is 77.5 Å². The lowest BCUT2D eigenvalue weighted by molar-refractivity contribution is -0.136. The molecule has 1 heterocycles. The molecule has 0 spiro atoms. The summed E-state index contributed by atoms with van der Waals surface area (Å²) in [7, 11) is 0. The van der Waals surface area contributed by atoms with Gasteiger partial charge in [-0.05, 0) is 61.2 Å². The van der Waals surface area contributed by atoms with Crippen LogP contribution in [0.2, 0.25) is 0 Å². The van der Waals surface area contributed by atoms with Crippen LogP contribution in [0.25, 0.3) is 16.9 Å². The van der Waals surface area contributed by atoms with Crippen LogP contribution in [0.5, 0.6) is 0 Å². The van der Waals surface area contributed by atoms with Crippen molar-refractivity contribution in [2.75, 3.05) is 0 Å². The summed E-state index contributed by atoms with van der Waals surface area (Å²) in [5.41, 5.74) is 6.77. The number of rotatable bonds is 5. The standard InChI is InChI=1S/C21H21NO2/c1-15-8-9-19(14-16(15)2)22-18(11-13-21(23)24)10-12-20(22)17-6-4-3-5-7-17/h3-10,12,14H,11,13H2,1-2H3,(H,23,24). The monoisotopic (exact) mass is 319 g/mol. The lowest BCUT2D eigenvalue weighted by Crippen LogP contribution is -2.05. The lowest BCUT2D eigenvalue weighted by Gasteiger charge is -2.15. The molecule has 0 radical (unpaired) electrons. The van der Waals surface area contributed by atoms with Gasteiger partial charge in [0.2, 0.25) is 0 Å². The van der Waals surface area contributed by atoms with Gasteiger partial charge in [0.15, 0.2) is 0 Å². The van der Waals surface area contributed by atoms with Crippen molar-refractivity contribution >= 4 is 5.97 Å². The lowest BCUT2D eigenvalue weighted by atomic mass is 10.1. The van der Waals surface area contributed by atoms with Crippen LogP contribution in [0.4, 0.5) is 0 Å². The van der Waals surface area contributed by atoms with Crippen molar-refractivity contribution in [1.29, 1.82) is 0 Å². The first-order valence-corrected chi connectivity index (χ1v) is 8.12. The second-order valence-electron chi connectivity index (χ2n) is 6.07. The molecule has 3 nitrogen and oxygen atoms in total. The summed E-state index contributed by atoms with van der Waals surface area (Å²) in [6, 6.07) is 20.7. The molecule has 0 aliphatic rings. The van der Waals surface area contributed by atoms with E-state index in [0.717, 1.165) is 22.6 Å². The first-order valence-electron chi connectivity index (χ1n) is 8.12. The van der Waals surface area contributed by atoms with Gasteiger partial charge >= 0.3 is 5.97 Å². The molecule has 2 aromatic carbocycles. The third-order valence-corrected chi connectivity index (χ3v) is 4.37. The Morgan fingerprint density at radius 2 is 1.71 bits per heavy atom. The molecule has 0 saturated heterocycles. The highest BCUT2D eigenvalue weighted by Gasteiger charge is 2.13. The van der Waals surface area contributed by atoms with E-state index in [1.165, 1.54) is 11.1 Å². The fourth-order valence-electron chi connectivity index (χ4n) is 2.91. The summed E-state index contributed by atoms with van der Waals surface area (Å²) < 4.78 is 2.17. The average Bonchev–Trinajstić information content (AvgIpc) is 3.00. The van der Waals surface area contributed by atoms with Crippen LogP contribution >= 0.6 is 0 Å². The molecule has 0 aliphatic heterocycles. The molecule has 3 aromatic rings. The van der Waals surface area contributed by atoms with Gasteiger partial charge < -0.3 is 9.67 Å². The van der Waals surface area contributed by atoms with Crippen LogP contribution in [0.3, 0.4) is 0 Å². The quantitative estimate of drug-likeness (QED) is 0.735. The predicted octanol–water partition coefficient (Wildman–Crippen LogP) is 4.78. The fraction of sp³-hybridized carbons (Fsp3) is 0.190. The first-order chi connectivity index (χ1) is 11.6. The molecule has 1 N–H and O–H groups in total. The topological polar surface area (TPSA) is 42.2 Å². The molecular formula is C21H21NO2. The van der Waals surface area contributed by atoms with E-state index in [9.17, 15) is 4.79 Å². The molecule has 0 fully saturated rings. The maximum Gasteiger partial charge on any atom is 0.303 e. The van der Waals surface area contributed by atoms with Crippen LogP contribution < -0.4 is 0 Å². The molecule has 3 rings (SSSR count). The summed E-state index contributed by atoms with van der Waals surface area (Å²) in [4.78, 5) is 11.0. The van der Waals surface area contributed by atoms with Crippen molar-refractivity contribution in [1.82, 2.24) is 4.57 Å². The highest BCUT2D eigenvalue weighted by atomic mass is 16.4. The minimum absolute atomic E-state index is 0.128. The second kappa shape index (κ2) is 6.75. The molecule has 24 heavy (non-hydrogen) atoms. The molecule has 0 atom stereocenters. The molecule has 0 saturated carbocycles. The summed E-state index contributed by atoms with van der Waals surface area (Å²) in [5, 5.41) is 9.03. The third kappa shape index (κ3) is 3.25. The van der Waals surface area contributed by atoms with Gasteiger partial charge in [-0.15, -0.1) is 0 Å². The molecule has 0 amide bonds. The second-order valence-corrected chi connectivity index (χ2v) is 6.07. The largest absolute Gasteiger partial charge is 0.481 e. The number of carbonyl (C=O) groups is 1. The first kappa shape index (κ1) is 16.1. The van der Waals surface area contributed by atoms with Gasteiger partial charge in [0.1, 0.15) is 0 Å². The van der Waals surface area contributed by atoms with Crippen molar-refractivity contribution in [3.8, 4) is 16.9 Å². The number of carboxylic acids is 1. The summed E-state index contributed by atoms with van der Waals surface area (Å²) in [6.07, 6.45) is 0.637. The predicted molar refractivity (Wildman–Crippen MR) is 96.6 cm³/mol. The van der Waals surface area contributed by atoms with E-state index >= 15 is 0 Å². The van der Waals surface area contributed by atoms with Crippen molar-refractivity contribution in [2.24, 2.45) is 0 Å². The zero-order valence-electron chi connectivity index (χ0n) is 14.0. The van der Waals surface area contributed by atoms with E-state index in [1.54, 1.807) is 0 Å². The van der Waals surface area contributed by atoms with E-state index in [1.807, 2.05) is 24.3 Å². The van der Waals surface area contributed by atoms with Gasteiger partial charge in [0.05, 0.1) is 12.1 Å². The SMILES string of the molecule is Cc1ccc(-n2c(CCC(=O)O)ccc2-c2ccccc2)cc1C. The number of aryl methyl sites for hydroxylation is 3. The zero-order chi connectivity index (χ0) is 17.1. The smallest absolute Gasteiger partial charge is 0.303 e. The van der Waals surface area contributed by atoms with Gasteiger partial charge in [0, 0.05) is 11.4 Å². The minimum Gasteiger partial charge on any atom is -0.481 e. The highest BCUT2D eigenvalue weighted by molar-refractivity contribution is 5.68. The van der Waals surface area contributed by atoms with E-state index < -0.39 is 5.97 Å². The number of nitrogens with zero attached hydrogens (tertiary/aromatic N) is 1. The van der Waals surface area contributed by atoms with Gasteiger partial charge in [-0.1, -0.05) is 36.4 Å². The molecule has 0 unspecified atom stereocenters. The van der Waals surface area contributed by atoms with Crippen LogP contribution in [-0.2, 0) is 11.2 Å². The normalized spacial score (nSPS) is 10.8.